The Hall–Kier alpha value is -2.05. The lowest BCUT2D eigenvalue weighted by molar-refractivity contribution is -0.125. The van der Waals surface area contributed by atoms with Gasteiger partial charge < -0.3 is 4.90 Å². The molecule has 0 fully saturated rings. The molecular formula is C20H23ClN2O3S. The number of halogens is 1. The lowest BCUT2D eigenvalue weighted by atomic mass is 9.94. The molecule has 2 aromatic carbocycles. The van der Waals surface area contributed by atoms with E-state index in [0.717, 1.165) is 17.7 Å². The zero-order chi connectivity index (χ0) is 19.8. The van der Waals surface area contributed by atoms with E-state index in [1.54, 1.807) is 41.3 Å². The van der Waals surface area contributed by atoms with E-state index in [9.17, 15) is 13.2 Å². The first-order chi connectivity index (χ1) is 12.6. The maximum atomic E-state index is 12.7. The van der Waals surface area contributed by atoms with Gasteiger partial charge in [-0.05, 0) is 35.7 Å². The van der Waals surface area contributed by atoms with Gasteiger partial charge in [-0.1, -0.05) is 56.6 Å². The maximum absolute atomic E-state index is 12.7. The fourth-order valence-corrected chi connectivity index (χ4v) is 4.60. The molecule has 1 amide bonds. The maximum Gasteiger partial charge on any atom is 0.236 e. The molecule has 1 heterocycles. The highest BCUT2D eigenvalue weighted by Gasteiger charge is 2.32. The normalized spacial score (nSPS) is 14.1. The molecule has 0 spiro atoms. The number of nitrogens with zero attached hydrogens (tertiary/aromatic N) is 1. The number of anilines is 2. The van der Waals surface area contributed by atoms with Gasteiger partial charge in [0.15, 0.2) is 0 Å². The molecule has 0 unspecified atom stereocenters. The van der Waals surface area contributed by atoms with Gasteiger partial charge in [-0.3, -0.25) is 9.52 Å². The number of amides is 1. The first kappa shape index (κ1) is 19.7. The minimum absolute atomic E-state index is 0.0253. The van der Waals surface area contributed by atoms with Gasteiger partial charge in [-0.2, -0.15) is 0 Å². The first-order valence-electron chi connectivity index (χ1n) is 8.76. The van der Waals surface area contributed by atoms with Crippen molar-refractivity contribution >= 4 is 38.9 Å². The molecule has 0 aliphatic carbocycles. The Morgan fingerprint density at radius 1 is 1.19 bits per heavy atom. The number of fused-ring (bicyclic) bond motifs is 1. The fourth-order valence-electron chi connectivity index (χ4n) is 3.09. The Labute approximate surface area is 165 Å². The Morgan fingerprint density at radius 3 is 2.56 bits per heavy atom. The van der Waals surface area contributed by atoms with Crippen LogP contribution in [-0.2, 0) is 27.0 Å². The van der Waals surface area contributed by atoms with Crippen LogP contribution in [0.1, 0.15) is 31.9 Å². The van der Waals surface area contributed by atoms with Gasteiger partial charge in [0.1, 0.15) is 0 Å². The number of carbonyl (C=O) groups is 1. The van der Waals surface area contributed by atoms with E-state index in [4.69, 9.17) is 11.6 Å². The van der Waals surface area contributed by atoms with Crippen LogP contribution in [0.4, 0.5) is 11.4 Å². The molecule has 3 rings (SSSR count). The third kappa shape index (κ3) is 4.45. The van der Waals surface area contributed by atoms with Gasteiger partial charge in [0.2, 0.25) is 15.9 Å². The van der Waals surface area contributed by atoms with Crippen molar-refractivity contribution < 1.29 is 13.2 Å². The van der Waals surface area contributed by atoms with Gasteiger partial charge in [-0.25, -0.2) is 8.42 Å². The van der Waals surface area contributed by atoms with Crippen LogP contribution in [0.25, 0.3) is 0 Å². The Kier molecular flexibility index (Phi) is 5.23. The summed E-state index contributed by atoms with van der Waals surface area (Å²) in [6.45, 7) is 6.25. The van der Waals surface area contributed by atoms with Crippen LogP contribution < -0.4 is 9.62 Å². The van der Waals surface area contributed by atoms with E-state index >= 15 is 0 Å². The smallest absolute Gasteiger partial charge is 0.236 e. The largest absolute Gasteiger partial charge is 0.311 e. The molecule has 0 saturated carbocycles. The topological polar surface area (TPSA) is 66.5 Å². The number of hydrogen-bond acceptors (Lipinski definition) is 3. The van der Waals surface area contributed by atoms with Crippen molar-refractivity contribution in [3.05, 3.63) is 58.6 Å². The van der Waals surface area contributed by atoms with Gasteiger partial charge >= 0.3 is 0 Å². The highest BCUT2D eigenvalue weighted by atomic mass is 35.5. The molecule has 27 heavy (non-hydrogen) atoms. The lowest BCUT2D eigenvalue weighted by Gasteiger charge is -2.26. The Bertz CT molecular complexity index is 981. The molecule has 144 valence electrons. The summed E-state index contributed by atoms with van der Waals surface area (Å²) in [5.41, 5.74) is 2.29. The van der Waals surface area contributed by atoms with Crippen molar-refractivity contribution in [2.75, 3.05) is 16.2 Å². The van der Waals surface area contributed by atoms with Crippen molar-refractivity contribution in [1.29, 1.82) is 0 Å². The molecule has 5 nitrogen and oxygen atoms in total. The van der Waals surface area contributed by atoms with Gasteiger partial charge in [-0.15, -0.1) is 0 Å². The van der Waals surface area contributed by atoms with E-state index in [1.807, 2.05) is 26.8 Å². The molecule has 7 heteroatoms. The molecule has 2 aromatic rings. The van der Waals surface area contributed by atoms with E-state index in [-0.39, 0.29) is 11.7 Å². The zero-order valence-corrected chi connectivity index (χ0v) is 17.2. The van der Waals surface area contributed by atoms with Crippen molar-refractivity contribution in [3.8, 4) is 0 Å². The second kappa shape index (κ2) is 7.17. The predicted octanol–water partition coefficient (Wildman–Crippen LogP) is 4.22. The molecular weight excluding hydrogens is 384 g/mol. The number of rotatable bonds is 4. The summed E-state index contributed by atoms with van der Waals surface area (Å²) in [5.74, 6) is -0.189. The predicted molar refractivity (Wildman–Crippen MR) is 110 cm³/mol. The Morgan fingerprint density at radius 2 is 1.89 bits per heavy atom. The average Bonchev–Trinajstić information content (AvgIpc) is 2.98. The third-order valence-electron chi connectivity index (χ3n) is 4.44. The van der Waals surface area contributed by atoms with Crippen LogP contribution in [0.15, 0.2) is 42.5 Å². The molecule has 0 radical (unpaired) electrons. The Balaban J connectivity index is 1.83. The average molecular weight is 407 g/mol. The van der Waals surface area contributed by atoms with Crippen molar-refractivity contribution in [2.24, 2.45) is 5.41 Å². The highest BCUT2D eigenvalue weighted by molar-refractivity contribution is 7.91. The molecule has 0 atom stereocenters. The number of nitrogens with one attached hydrogen (secondary N) is 1. The minimum atomic E-state index is -3.63. The fraction of sp³-hybridized carbons (Fsp3) is 0.350. The van der Waals surface area contributed by atoms with Crippen molar-refractivity contribution in [1.82, 2.24) is 0 Å². The van der Waals surface area contributed by atoms with Gasteiger partial charge in [0.25, 0.3) is 0 Å². The second-order valence-electron chi connectivity index (χ2n) is 7.75. The lowest BCUT2D eigenvalue weighted by Crippen LogP contribution is -2.38. The highest BCUT2D eigenvalue weighted by Crippen LogP contribution is 2.34. The molecule has 0 bridgehead atoms. The van der Waals surface area contributed by atoms with Gasteiger partial charge in [0.05, 0.1) is 11.4 Å². The second-order valence-corrected chi connectivity index (χ2v) is 9.88. The minimum Gasteiger partial charge on any atom is -0.311 e. The summed E-state index contributed by atoms with van der Waals surface area (Å²) in [6, 6.07) is 12.2. The number of carbonyl (C=O) groups excluding carboxylic acids is 1. The van der Waals surface area contributed by atoms with E-state index in [0.29, 0.717) is 22.8 Å². The summed E-state index contributed by atoms with van der Waals surface area (Å²) in [4.78, 5) is 14.4. The van der Waals surface area contributed by atoms with Crippen LogP contribution in [0.3, 0.4) is 0 Å². The van der Waals surface area contributed by atoms with E-state index in [1.165, 1.54) is 0 Å². The summed E-state index contributed by atoms with van der Waals surface area (Å²) in [7, 11) is -3.63. The molecule has 0 saturated heterocycles. The van der Waals surface area contributed by atoms with Crippen molar-refractivity contribution in [3.63, 3.8) is 0 Å². The van der Waals surface area contributed by atoms with Crippen LogP contribution >= 0.6 is 11.6 Å². The number of hydrogen-bond donors (Lipinski definition) is 1. The molecule has 1 aliphatic heterocycles. The monoisotopic (exact) mass is 406 g/mol. The quantitative estimate of drug-likeness (QED) is 0.826. The molecule has 1 N–H and O–H groups in total. The summed E-state index contributed by atoms with van der Waals surface area (Å²) in [6.07, 6.45) is 0.768. The van der Waals surface area contributed by atoms with E-state index in [2.05, 4.69) is 4.72 Å². The van der Waals surface area contributed by atoms with Crippen LogP contribution in [-0.4, -0.2) is 20.9 Å². The van der Waals surface area contributed by atoms with Crippen LogP contribution in [0.2, 0.25) is 5.02 Å². The van der Waals surface area contributed by atoms with E-state index < -0.39 is 15.4 Å². The number of benzene rings is 2. The third-order valence-corrected chi connectivity index (χ3v) is 6.05. The summed E-state index contributed by atoms with van der Waals surface area (Å²) < 4.78 is 27.7. The summed E-state index contributed by atoms with van der Waals surface area (Å²) >= 11 is 6.07. The van der Waals surface area contributed by atoms with Crippen LogP contribution in [0.5, 0.6) is 0 Å². The first-order valence-corrected chi connectivity index (χ1v) is 10.8. The number of sulfonamides is 1. The SMILES string of the molecule is CC(C)(C)C(=O)N1CCc2ccc(NS(=O)(=O)Cc3ccccc3Cl)cc21. The molecule has 0 aromatic heterocycles. The standard InChI is InChI=1S/C20H23ClN2O3S/c1-20(2,3)19(24)23-11-10-14-8-9-16(12-18(14)23)22-27(25,26)13-15-6-4-5-7-17(15)21/h4-9,12,22H,10-11,13H2,1-3H3. The molecule has 1 aliphatic rings. The zero-order valence-electron chi connectivity index (χ0n) is 15.6. The van der Waals surface area contributed by atoms with Crippen LogP contribution in [0, 0.1) is 5.41 Å². The van der Waals surface area contributed by atoms with Gasteiger partial charge in [0, 0.05) is 22.7 Å². The van der Waals surface area contributed by atoms with Crippen molar-refractivity contribution in [2.45, 2.75) is 32.9 Å². The summed E-state index contributed by atoms with van der Waals surface area (Å²) in [5, 5.41) is 0.416.